The molecule has 0 saturated heterocycles. The van der Waals surface area contributed by atoms with Crippen LogP contribution in [-0.4, -0.2) is 17.9 Å². The first-order valence-electron chi connectivity index (χ1n) is 4.54. The zero-order valence-corrected chi connectivity index (χ0v) is 7.97. The summed E-state index contributed by atoms with van der Waals surface area (Å²) in [5, 5.41) is 8.45. The van der Waals surface area contributed by atoms with Gasteiger partial charge in [-0.15, -0.1) is 0 Å². The molecule has 0 radical (unpaired) electrons. The van der Waals surface area contributed by atoms with Crippen LogP contribution in [0.4, 0.5) is 0 Å². The van der Waals surface area contributed by atoms with Crippen LogP contribution in [0.2, 0.25) is 0 Å². The van der Waals surface area contributed by atoms with Crippen LogP contribution in [-0.2, 0) is 4.79 Å². The number of ether oxygens (including phenoxy) is 2. The summed E-state index contributed by atoms with van der Waals surface area (Å²) in [6.07, 6.45) is 3.37. The predicted octanol–water partition coefficient (Wildman–Crippen LogP) is 1.90. The third-order valence-electron chi connectivity index (χ3n) is 2.00. The van der Waals surface area contributed by atoms with Crippen molar-refractivity contribution in [2.75, 3.05) is 6.79 Å². The molecule has 0 spiro atoms. The Kier molecular flexibility index (Phi) is 2.58. The molecule has 0 fully saturated rings. The molecule has 1 aromatic rings. The molecule has 1 aliphatic rings. The second-order valence-corrected chi connectivity index (χ2v) is 3.11. The second kappa shape index (κ2) is 4.04. The highest BCUT2D eigenvalue weighted by atomic mass is 16.7. The molecule has 1 aromatic carbocycles. The van der Waals surface area contributed by atoms with E-state index in [9.17, 15) is 4.79 Å². The Balaban J connectivity index is 2.10. The molecule has 0 aromatic heterocycles. The number of carboxylic acids is 1. The van der Waals surface area contributed by atoms with Gasteiger partial charge in [0.2, 0.25) is 6.79 Å². The molecule has 4 heteroatoms. The average molecular weight is 206 g/mol. The van der Waals surface area contributed by atoms with Crippen molar-refractivity contribution in [1.82, 2.24) is 0 Å². The maximum Gasteiger partial charge on any atom is 0.307 e. The van der Waals surface area contributed by atoms with E-state index in [1.54, 1.807) is 12.2 Å². The van der Waals surface area contributed by atoms with E-state index in [1.807, 2.05) is 18.2 Å². The van der Waals surface area contributed by atoms with Crippen molar-refractivity contribution in [3.63, 3.8) is 0 Å². The Morgan fingerprint density at radius 3 is 3.00 bits per heavy atom. The summed E-state index contributed by atoms with van der Waals surface area (Å²) in [7, 11) is 0. The monoisotopic (exact) mass is 206 g/mol. The number of carbonyl (C=O) groups is 1. The molecular weight excluding hydrogens is 196 g/mol. The van der Waals surface area contributed by atoms with E-state index >= 15 is 0 Å². The van der Waals surface area contributed by atoms with Crippen molar-refractivity contribution in [1.29, 1.82) is 0 Å². The Hall–Kier alpha value is -1.97. The van der Waals surface area contributed by atoms with Gasteiger partial charge in [0.15, 0.2) is 11.5 Å². The second-order valence-electron chi connectivity index (χ2n) is 3.11. The van der Waals surface area contributed by atoms with Crippen LogP contribution in [0.15, 0.2) is 24.3 Å². The summed E-state index contributed by atoms with van der Waals surface area (Å²) in [6, 6.07) is 5.48. The summed E-state index contributed by atoms with van der Waals surface area (Å²) in [6.45, 7) is 0.248. The minimum atomic E-state index is -0.841. The van der Waals surface area contributed by atoms with Crippen LogP contribution in [0.3, 0.4) is 0 Å². The van der Waals surface area contributed by atoms with E-state index in [-0.39, 0.29) is 13.2 Å². The molecule has 1 heterocycles. The molecule has 15 heavy (non-hydrogen) atoms. The van der Waals surface area contributed by atoms with Gasteiger partial charge in [-0.25, -0.2) is 0 Å². The zero-order chi connectivity index (χ0) is 10.7. The molecule has 0 unspecified atom stereocenters. The van der Waals surface area contributed by atoms with Crippen molar-refractivity contribution in [2.24, 2.45) is 0 Å². The lowest BCUT2D eigenvalue weighted by molar-refractivity contribution is -0.135. The maximum atomic E-state index is 10.3. The molecular formula is C11H10O4. The van der Waals surface area contributed by atoms with Gasteiger partial charge in [-0.1, -0.05) is 18.2 Å². The van der Waals surface area contributed by atoms with Crippen LogP contribution in [0.25, 0.3) is 6.08 Å². The summed E-state index contributed by atoms with van der Waals surface area (Å²) in [4.78, 5) is 10.3. The standard InChI is InChI=1S/C11H10O4/c12-11(13)3-1-2-8-4-5-9-10(6-8)15-7-14-9/h1-2,4-6H,3,7H2,(H,12,13). The molecule has 0 amide bonds. The number of benzene rings is 1. The molecule has 1 N–H and O–H groups in total. The van der Waals surface area contributed by atoms with Gasteiger partial charge in [-0.2, -0.15) is 0 Å². The van der Waals surface area contributed by atoms with E-state index in [0.717, 1.165) is 11.3 Å². The van der Waals surface area contributed by atoms with E-state index in [2.05, 4.69) is 0 Å². The van der Waals surface area contributed by atoms with Crippen LogP contribution in [0, 0.1) is 0 Å². The van der Waals surface area contributed by atoms with Crippen LogP contribution >= 0.6 is 0 Å². The minimum absolute atomic E-state index is 0.0223. The van der Waals surface area contributed by atoms with Crippen LogP contribution in [0.1, 0.15) is 12.0 Å². The third-order valence-corrected chi connectivity index (χ3v) is 2.00. The SMILES string of the molecule is O=C(O)CC=Cc1ccc2c(c1)OCO2. The van der Waals surface area contributed by atoms with E-state index in [4.69, 9.17) is 14.6 Å². The molecule has 0 aliphatic carbocycles. The Morgan fingerprint density at radius 2 is 2.20 bits per heavy atom. The number of carboxylic acid groups (broad SMARTS) is 1. The maximum absolute atomic E-state index is 10.3. The molecule has 78 valence electrons. The van der Waals surface area contributed by atoms with E-state index < -0.39 is 5.97 Å². The van der Waals surface area contributed by atoms with Gasteiger partial charge < -0.3 is 14.6 Å². The van der Waals surface area contributed by atoms with Crippen molar-refractivity contribution >= 4 is 12.0 Å². The number of hydrogen-bond acceptors (Lipinski definition) is 3. The fourth-order valence-corrected chi connectivity index (χ4v) is 1.31. The fraction of sp³-hybridized carbons (Fsp3) is 0.182. The van der Waals surface area contributed by atoms with Gasteiger partial charge in [0, 0.05) is 0 Å². The largest absolute Gasteiger partial charge is 0.481 e. The number of aliphatic carboxylic acids is 1. The topological polar surface area (TPSA) is 55.8 Å². The van der Waals surface area contributed by atoms with Crippen molar-refractivity contribution < 1.29 is 19.4 Å². The molecule has 1 aliphatic heterocycles. The van der Waals surface area contributed by atoms with Gasteiger partial charge in [-0.3, -0.25) is 4.79 Å². The Labute approximate surface area is 86.7 Å². The van der Waals surface area contributed by atoms with Crippen molar-refractivity contribution in [2.45, 2.75) is 6.42 Å². The van der Waals surface area contributed by atoms with Gasteiger partial charge in [-0.05, 0) is 17.7 Å². The highest BCUT2D eigenvalue weighted by Crippen LogP contribution is 2.32. The molecule has 0 saturated carbocycles. The fourth-order valence-electron chi connectivity index (χ4n) is 1.31. The van der Waals surface area contributed by atoms with E-state index in [0.29, 0.717) is 5.75 Å². The number of hydrogen-bond donors (Lipinski definition) is 1. The third kappa shape index (κ3) is 2.28. The summed E-state index contributed by atoms with van der Waals surface area (Å²) in [5.41, 5.74) is 0.903. The molecule has 2 rings (SSSR count). The van der Waals surface area contributed by atoms with Crippen LogP contribution < -0.4 is 9.47 Å². The lowest BCUT2D eigenvalue weighted by Crippen LogP contribution is -1.92. The highest BCUT2D eigenvalue weighted by molar-refractivity contribution is 5.70. The molecule has 0 atom stereocenters. The smallest absolute Gasteiger partial charge is 0.307 e. The molecule has 0 bridgehead atoms. The summed E-state index contributed by atoms with van der Waals surface area (Å²) >= 11 is 0. The summed E-state index contributed by atoms with van der Waals surface area (Å²) < 4.78 is 10.3. The van der Waals surface area contributed by atoms with Crippen molar-refractivity contribution in [3.8, 4) is 11.5 Å². The minimum Gasteiger partial charge on any atom is -0.481 e. The zero-order valence-electron chi connectivity index (χ0n) is 7.97. The predicted molar refractivity (Wildman–Crippen MR) is 53.9 cm³/mol. The van der Waals surface area contributed by atoms with Gasteiger partial charge in [0.1, 0.15) is 0 Å². The van der Waals surface area contributed by atoms with Gasteiger partial charge in [0.25, 0.3) is 0 Å². The van der Waals surface area contributed by atoms with Gasteiger partial charge >= 0.3 is 5.97 Å². The highest BCUT2D eigenvalue weighted by Gasteiger charge is 2.11. The molecule has 4 nitrogen and oxygen atoms in total. The van der Waals surface area contributed by atoms with Crippen LogP contribution in [0.5, 0.6) is 11.5 Å². The quantitative estimate of drug-likeness (QED) is 0.820. The lowest BCUT2D eigenvalue weighted by atomic mass is 10.2. The first kappa shape index (κ1) is 9.58. The first-order valence-corrected chi connectivity index (χ1v) is 4.54. The van der Waals surface area contributed by atoms with Crippen molar-refractivity contribution in [3.05, 3.63) is 29.8 Å². The summed E-state index contributed by atoms with van der Waals surface area (Å²) in [5.74, 6) is 0.588. The Bertz CT molecular complexity index is 409. The van der Waals surface area contributed by atoms with E-state index in [1.165, 1.54) is 0 Å². The normalized spacial score (nSPS) is 13.3. The van der Waals surface area contributed by atoms with Gasteiger partial charge in [0.05, 0.1) is 6.42 Å². The number of fused-ring (bicyclic) bond motifs is 1. The Morgan fingerprint density at radius 1 is 1.40 bits per heavy atom. The first-order chi connectivity index (χ1) is 7.25. The lowest BCUT2D eigenvalue weighted by Gasteiger charge is -1.96. The average Bonchev–Trinajstić information content (AvgIpc) is 2.64. The number of rotatable bonds is 3.